The number of nitrogens with zero attached hydrogens (tertiary/aromatic N) is 1. The van der Waals surface area contributed by atoms with Crippen molar-refractivity contribution in [2.24, 2.45) is 0 Å². The Morgan fingerprint density at radius 2 is 2.31 bits per heavy atom. The van der Waals surface area contributed by atoms with E-state index in [0.29, 0.717) is 0 Å². The summed E-state index contributed by atoms with van der Waals surface area (Å²) in [7, 11) is 0. The van der Waals surface area contributed by atoms with Crippen molar-refractivity contribution in [3.63, 3.8) is 0 Å². The van der Waals surface area contributed by atoms with Gasteiger partial charge < -0.3 is 0 Å². The van der Waals surface area contributed by atoms with E-state index < -0.39 is 0 Å². The van der Waals surface area contributed by atoms with Crippen LogP contribution in [0.15, 0.2) is 36.4 Å². The normalized spacial score (nSPS) is 10.2. The van der Waals surface area contributed by atoms with E-state index in [-0.39, 0.29) is 0 Å². The summed E-state index contributed by atoms with van der Waals surface area (Å²) in [6, 6.07) is 9.91. The summed E-state index contributed by atoms with van der Waals surface area (Å²) < 4.78 is 0. The van der Waals surface area contributed by atoms with Crippen LogP contribution in [0.5, 0.6) is 0 Å². The van der Waals surface area contributed by atoms with Crippen LogP contribution in [0.4, 0.5) is 0 Å². The second kappa shape index (κ2) is 5.16. The van der Waals surface area contributed by atoms with Gasteiger partial charge in [0.05, 0.1) is 11.6 Å². The Morgan fingerprint density at radius 3 is 3.00 bits per heavy atom. The zero-order chi connectivity index (χ0) is 9.52. The van der Waals surface area contributed by atoms with Gasteiger partial charge in [-0.15, -0.1) is 0 Å². The summed E-state index contributed by atoms with van der Waals surface area (Å²) in [6.45, 7) is 2.02. The van der Waals surface area contributed by atoms with Gasteiger partial charge >= 0.3 is 0 Å². The summed E-state index contributed by atoms with van der Waals surface area (Å²) in [4.78, 5) is 0. The van der Waals surface area contributed by atoms with Crippen LogP contribution in [0.1, 0.15) is 24.5 Å². The highest BCUT2D eigenvalue weighted by Crippen LogP contribution is 2.06. The van der Waals surface area contributed by atoms with Crippen molar-refractivity contribution < 1.29 is 0 Å². The zero-order valence-corrected chi connectivity index (χ0v) is 7.83. The quantitative estimate of drug-likeness (QED) is 0.641. The van der Waals surface area contributed by atoms with Crippen LogP contribution in [0.25, 0.3) is 0 Å². The van der Waals surface area contributed by atoms with E-state index in [9.17, 15) is 0 Å². The van der Waals surface area contributed by atoms with Crippen molar-refractivity contribution >= 4 is 0 Å². The maximum absolute atomic E-state index is 8.67. The monoisotopic (exact) mass is 171 g/mol. The third-order valence-corrected chi connectivity index (χ3v) is 1.89. The zero-order valence-electron chi connectivity index (χ0n) is 7.83. The Bertz CT molecular complexity index is 331. The van der Waals surface area contributed by atoms with Crippen molar-refractivity contribution in [1.82, 2.24) is 0 Å². The SMILES string of the molecule is CC=CCCc1cccc(C#N)c1. The largest absolute Gasteiger partial charge is 0.192 e. The molecule has 0 bridgehead atoms. The lowest BCUT2D eigenvalue weighted by atomic mass is 10.1. The highest BCUT2D eigenvalue weighted by Gasteiger charge is 1.93. The van der Waals surface area contributed by atoms with Crippen LogP contribution in [0, 0.1) is 11.3 Å². The molecule has 1 heteroatoms. The molecule has 0 aliphatic heterocycles. The molecule has 0 radical (unpaired) electrons. The first-order chi connectivity index (χ1) is 6.36. The fourth-order valence-electron chi connectivity index (χ4n) is 1.21. The van der Waals surface area contributed by atoms with Crippen LogP contribution >= 0.6 is 0 Å². The summed E-state index contributed by atoms with van der Waals surface area (Å²) >= 11 is 0. The lowest BCUT2D eigenvalue weighted by Gasteiger charge is -1.97. The molecule has 1 aromatic carbocycles. The van der Waals surface area contributed by atoms with Gasteiger partial charge in [0.2, 0.25) is 0 Å². The second-order valence-corrected chi connectivity index (χ2v) is 2.92. The molecule has 1 aromatic rings. The van der Waals surface area contributed by atoms with Crippen LogP contribution in [0.2, 0.25) is 0 Å². The summed E-state index contributed by atoms with van der Waals surface area (Å²) in [5, 5.41) is 8.67. The molecule has 0 aliphatic carbocycles. The van der Waals surface area contributed by atoms with E-state index >= 15 is 0 Å². The average molecular weight is 171 g/mol. The molecule has 0 fully saturated rings. The third-order valence-electron chi connectivity index (χ3n) is 1.89. The lowest BCUT2D eigenvalue weighted by Crippen LogP contribution is -1.84. The summed E-state index contributed by atoms with van der Waals surface area (Å²) in [6.07, 6.45) is 6.25. The minimum atomic E-state index is 0.748. The molecule has 0 aromatic heterocycles. The fourth-order valence-corrected chi connectivity index (χ4v) is 1.21. The molecule has 0 amide bonds. The fraction of sp³-hybridized carbons (Fsp3) is 0.250. The van der Waals surface area contributed by atoms with E-state index in [2.05, 4.69) is 18.2 Å². The Morgan fingerprint density at radius 1 is 1.46 bits per heavy atom. The van der Waals surface area contributed by atoms with E-state index in [1.54, 1.807) is 0 Å². The van der Waals surface area contributed by atoms with E-state index in [1.165, 1.54) is 5.56 Å². The van der Waals surface area contributed by atoms with Crippen LogP contribution in [0.3, 0.4) is 0 Å². The molecule has 0 aliphatic rings. The highest BCUT2D eigenvalue weighted by molar-refractivity contribution is 5.32. The highest BCUT2D eigenvalue weighted by atomic mass is 14.2. The molecule has 1 nitrogen and oxygen atoms in total. The number of allylic oxidation sites excluding steroid dienone is 2. The van der Waals surface area contributed by atoms with Gasteiger partial charge in [0.1, 0.15) is 0 Å². The van der Waals surface area contributed by atoms with Gasteiger partial charge in [-0.25, -0.2) is 0 Å². The van der Waals surface area contributed by atoms with Crippen molar-refractivity contribution in [1.29, 1.82) is 5.26 Å². The van der Waals surface area contributed by atoms with Crippen molar-refractivity contribution in [2.45, 2.75) is 19.8 Å². The molecular formula is C12H13N. The lowest BCUT2D eigenvalue weighted by molar-refractivity contribution is 0.998. The predicted molar refractivity (Wildman–Crippen MR) is 54.3 cm³/mol. The van der Waals surface area contributed by atoms with Gasteiger partial charge in [-0.2, -0.15) is 5.26 Å². The Balaban J connectivity index is 2.62. The molecule has 13 heavy (non-hydrogen) atoms. The van der Waals surface area contributed by atoms with Gasteiger partial charge in [-0.3, -0.25) is 0 Å². The first kappa shape index (κ1) is 9.54. The van der Waals surface area contributed by atoms with Crippen LogP contribution in [-0.2, 0) is 6.42 Å². The standard InChI is InChI=1S/C12H13N/c1-2-3-4-6-11-7-5-8-12(9-11)10-13/h2-3,5,7-9H,4,6H2,1H3. The Labute approximate surface area is 79.3 Å². The number of hydrogen-bond donors (Lipinski definition) is 0. The van der Waals surface area contributed by atoms with Crippen LogP contribution < -0.4 is 0 Å². The van der Waals surface area contributed by atoms with Crippen molar-refractivity contribution in [3.8, 4) is 6.07 Å². The summed E-state index contributed by atoms with van der Waals surface area (Å²) in [5.41, 5.74) is 1.98. The molecule has 0 saturated heterocycles. The smallest absolute Gasteiger partial charge is 0.0991 e. The second-order valence-electron chi connectivity index (χ2n) is 2.92. The first-order valence-electron chi connectivity index (χ1n) is 4.47. The molecule has 66 valence electrons. The number of rotatable bonds is 3. The molecule has 0 N–H and O–H groups in total. The molecule has 0 spiro atoms. The third kappa shape index (κ3) is 3.13. The topological polar surface area (TPSA) is 23.8 Å². The van der Waals surface area contributed by atoms with Gasteiger partial charge in [0.15, 0.2) is 0 Å². The molecule has 0 heterocycles. The van der Waals surface area contributed by atoms with Crippen molar-refractivity contribution in [3.05, 3.63) is 47.5 Å². The molecular weight excluding hydrogens is 158 g/mol. The van der Waals surface area contributed by atoms with Gasteiger partial charge in [-0.05, 0) is 37.5 Å². The maximum atomic E-state index is 8.67. The number of hydrogen-bond acceptors (Lipinski definition) is 1. The van der Waals surface area contributed by atoms with E-state index in [0.717, 1.165) is 18.4 Å². The van der Waals surface area contributed by atoms with Crippen molar-refractivity contribution in [2.75, 3.05) is 0 Å². The Kier molecular flexibility index (Phi) is 3.78. The molecule has 1 rings (SSSR count). The Hall–Kier alpha value is -1.55. The molecule has 0 unspecified atom stereocenters. The van der Waals surface area contributed by atoms with E-state index in [1.807, 2.05) is 31.2 Å². The molecule has 0 saturated carbocycles. The van der Waals surface area contributed by atoms with Gasteiger partial charge in [0.25, 0.3) is 0 Å². The van der Waals surface area contributed by atoms with E-state index in [4.69, 9.17) is 5.26 Å². The first-order valence-corrected chi connectivity index (χ1v) is 4.47. The summed E-state index contributed by atoms with van der Waals surface area (Å²) in [5.74, 6) is 0. The molecule has 0 atom stereocenters. The average Bonchev–Trinajstić information content (AvgIpc) is 2.19. The van der Waals surface area contributed by atoms with Gasteiger partial charge in [-0.1, -0.05) is 24.3 Å². The van der Waals surface area contributed by atoms with Crippen LogP contribution in [-0.4, -0.2) is 0 Å². The number of aryl methyl sites for hydroxylation is 1. The number of benzene rings is 1. The predicted octanol–water partition coefficient (Wildman–Crippen LogP) is 3.07. The minimum absolute atomic E-state index is 0.748. The number of nitriles is 1. The van der Waals surface area contributed by atoms with Gasteiger partial charge in [0, 0.05) is 0 Å². The maximum Gasteiger partial charge on any atom is 0.0991 e. The minimum Gasteiger partial charge on any atom is -0.192 e.